The Morgan fingerprint density at radius 3 is 2.41 bits per heavy atom. The zero-order valence-electron chi connectivity index (χ0n) is 15.3. The monoisotopic (exact) mass is 411 g/mol. The lowest BCUT2D eigenvalue weighted by atomic mass is 10.1. The summed E-state index contributed by atoms with van der Waals surface area (Å²) in [5.41, 5.74) is 1.39. The lowest BCUT2D eigenvalue weighted by molar-refractivity contribution is 0.252. The molecule has 146 valence electrons. The smallest absolute Gasteiger partial charge is 0.319 e. The molecule has 2 aromatic carbocycles. The van der Waals surface area contributed by atoms with Crippen LogP contribution in [0, 0.1) is 0 Å². The van der Waals surface area contributed by atoms with Crippen LogP contribution in [0.4, 0.5) is 10.5 Å². The molecule has 2 rings (SSSR count). The van der Waals surface area contributed by atoms with Gasteiger partial charge in [0.05, 0.1) is 12.1 Å². The molecule has 0 aromatic heterocycles. The number of sulfonamides is 1. The topological polar surface area (TPSA) is 87.7 Å². The second-order valence-electron chi connectivity index (χ2n) is 5.91. The van der Waals surface area contributed by atoms with Crippen molar-refractivity contribution in [3.05, 3.63) is 53.1 Å². The van der Waals surface area contributed by atoms with Crippen LogP contribution in [0.25, 0.3) is 0 Å². The molecule has 0 fully saturated rings. The first-order valence-corrected chi connectivity index (χ1v) is 9.95. The molecule has 9 heteroatoms. The molecule has 0 bridgehead atoms. The van der Waals surface area contributed by atoms with Gasteiger partial charge in [0.15, 0.2) is 0 Å². The molecule has 0 saturated carbocycles. The van der Waals surface area contributed by atoms with Gasteiger partial charge in [0.1, 0.15) is 10.6 Å². The van der Waals surface area contributed by atoms with Crippen LogP contribution in [0.3, 0.4) is 0 Å². The molecule has 0 atom stereocenters. The molecule has 0 saturated heterocycles. The normalized spacial score (nSPS) is 11.3. The predicted molar refractivity (Wildman–Crippen MR) is 106 cm³/mol. The summed E-state index contributed by atoms with van der Waals surface area (Å²) >= 11 is 5.99. The second-order valence-corrected chi connectivity index (χ2v) is 8.44. The molecular formula is C18H22ClN3O4S. The van der Waals surface area contributed by atoms with Gasteiger partial charge in [-0.1, -0.05) is 23.7 Å². The molecular weight excluding hydrogens is 390 g/mol. The number of carbonyl (C=O) groups is 1. The van der Waals surface area contributed by atoms with Crippen LogP contribution in [-0.4, -0.2) is 46.5 Å². The Labute approximate surface area is 164 Å². The van der Waals surface area contributed by atoms with Gasteiger partial charge in [-0.2, -0.15) is 0 Å². The minimum Gasteiger partial charge on any atom is -0.497 e. The van der Waals surface area contributed by atoms with Crippen LogP contribution in [0.1, 0.15) is 5.56 Å². The predicted octanol–water partition coefficient (Wildman–Crippen LogP) is 2.96. The second kappa shape index (κ2) is 9.07. The van der Waals surface area contributed by atoms with E-state index in [-0.39, 0.29) is 9.92 Å². The lowest BCUT2D eigenvalue weighted by Gasteiger charge is -2.14. The van der Waals surface area contributed by atoms with Gasteiger partial charge in [0.25, 0.3) is 0 Å². The molecule has 0 aliphatic carbocycles. The fraction of sp³-hybridized carbons (Fsp3) is 0.278. The minimum absolute atomic E-state index is 0.0646. The van der Waals surface area contributed by atoms with Crippen LogP contribution in [0.15, 0.2) is 47.4 Å². The van der Waals surface area contributed by atoms with Gasteiger partial charge in [-0.15, -0.1) is 0 Å². The Balaban J connectivity index is 1.95. The molecule has 2 aromatic rings. The average Bonchev–Trinajstić information content (AvgIpc) is 2.63. The maximum atomic E-state index is 12.3. The Morgan fingerprint density at radius 2 is 1.81 bits per heavy atom. The van der Waals surface area contributed by atoms with E-state index in [9.17, 15) is 13.2 Å². The quantitative estimate of drug-likeness (QED) is 0.733. The fourth-order valence-corrected chi connectivity index (χ4v) is 3.66. The Kier molecular flexibility index (Phi) is 7.06. The highest BCUT2D eigenvalue weighted by molar-refractivity contribution is 7.89. The van der Waals surface area contributed by atoms with Gasteiger partial charge in [-0.05, 0) is 42.3 Å². The molecule has 2 amide bonds. The van der Waals surface area contributed by atoms with Gasteiger partial charge >= 0.3 is 6.03 Å². The van der Waals surface area contributed by atoms with Gasteiger partial charge in [-0.3, -0.25) is 0 Å². The third-order valence-electron chi connectivity index (χ3n) is 3.81. The average molecular weight is 412 g/mol. The highest BCUT2D eigenvalue weighted by Crippen LogP contribution is 2.26. The first-order valence-electron chi connectivity index (χ1n) is 8.14. The maximum absolute atomic E-state index is 12.3. The van der Waals surface area contributed by atoms with E-state index in [2.05, 4.69) is 10.6 Å². The summed E-state index contributed by atoms with van der Waals surface area (Å²) in [5, 5.41) is 5.43. The van der Waals surface area contributed by atoms with E-state index < -0.39 is 16.1 Å². The summed E-state index contributed by atoms with van der Waals surface area (Å²) in [7, 11) is 0.727. The van der Waals surface area contributed by atoms with Crippen LogP contribution in [-0.2, 0) is 16.4 Å². The summed E-state index contributed by atoms with van der Waals surface area (Å²) in [4.78, 5) is 12.0. The number of hydrogen-bond donors (Lipinski definition) is 2. The van der Waals surface area contributed by atoms with Crippen molar-refractivity contribution >= 4 is 33.3 Å². The molecule has 0 aliphatic rings. The van der Waals surface area contributed by atoms with Gasteiger partial charge in [0, 0.05) is 26.3 Å². The van der Waals surface area contributed by atoms with Crippen molar-refractivity contribution in [2.75, 3.05) is 33.1 Å². The van der Waals surface area contributed by atoms with E-state index in [0.29, 0.717) is 18.7 Å². The highest BCUT2D eigenvalue weighted by atomic mass is 35.5. The first kappa shape index (κ1) is 21.0. The zero-order valence-corrected chi connectivity index (χ0v) is 16.9. The van der Waals surface area contributed by atoms with Crippen molar-refractivity contribution in [3.63, 3.8) is 0 Å². The van der Waals surface area contributed by atoms with E-state index in [1.807, 2.05) is 24.3 Å². The van der Waals surface area contributed by atoms with Crippen molar-refractivity contribution in [1.82, 2.24) is 9.62 Å². The number of nitrogens with one attached hydrogen (secondary N) is 2. The lowest BCUT2D eigenvalue weighted by Crippen LogP contribution is -2.30. The number of amides is 2. The number of carbonyl (C=O) groups excluding carboxylic acids is 1. The van der Waals surface area contributed by atoms with Crippen LogP contribution in [0.2, 0.25) is 5.02 Å². The van der Waals surface area contributed by atoms with Crippen LogP contribution < -0.4 is 15.4 Å². The third-order valence-corrected chi connectivity index (χ3v) is 6.10. The Morgan fingerprint density at radius 1 is 1.15 bits per heavy atom. The number of anilines is 1. The van der Waals surface area contributed by atoms with Crippen LogP contribution >= 0.6 is 11.6 Å². The first-order chi connectivity index (χ1) is 12.7. The number of urea groups is 1. The van der Waals surface area contributed by atoms with Gasteiger partial charge in [0.2, 0.25) is 10.0 Å². The Bertz CT molecular complexity index is 899. The van der Waals surface area contributed by atoms with Gasteiger partial charge in [-0.25, -0.2) is 17.5 Å². The molecule has 0 heterocycles. The summed E-state index contributed by atoms with van der Waals surface area (Å²) < 4.78 is 30.7. The molecule has 7 nitrogen and oxygen atoms in total. The molecule has 0 spiro atoms. The van der Waals surface area contributed by atoms with E-state index >= 15 is 0 Å². The van der Waals surface area contributed by atoms with Crippen molar-refractivity contribution < 1.29 is 17.9 Å². The fourth-order valence-electron chi connectivity index (χ4n) is 2.26. The van der Waals surface area contributed by atoms with E-state index in [4.69, 9.17) is 16.3 Å². The van der Waals surface area contributed by atoms with Gasteiger partial charge < -0.3 is 15.4 Å². The van der Waals surface area contributed by atoms with Crippen molar-refractivity contribution in [2.45, 2.75) is 11.3 Å². The number of ether oxygens (including phenoxy) is 1. The Hall–Kier alpha value is -2.29. The molecule has 0 aliphatic heterocycles. The van der Waals surface area contributed by atoms with E-state index in [0.717, 1.165) is 15.6 Å². The summed E-state index contributed by atoms with van der Waals surface area (Å²) in [6.45, 7) is 0.425. The summed E-state index contributed by atoms with van der Waals surface area (Å²) in [5.74, 6) is 0.774. The highest BCUT2D eigenvalue weighted by Gasteiger charge is 2.21. The van der Waals surface area contributed by atoms with Crippen molar-refractivity contribution in [3.8, 4) is 5.75 Å². The molecule has 0 radical (unpaired) electrons. The number of methoxy groups -OCH3 is 1. The summed E-state index contributed by atoms with van der Waals surface area (Å²) in [6.07, 6.45) is 0.651. The van der Waals surface area contributed by atoms with Crippen molar-refractivity contribution in [1.29, 1.82) is 0 Å². The maximum Gasteiger partial charge on any atom is 0.319 e. The molecule has 0 unspecified atom stereocenters. The molecule has 27 heavy (non-hydrogen) atoms. The molecule has 2 N–H and O–H groups in total. The third kappa shape index (κ3) is 5.59. The SMILES string of the molecule is COc1ccc(CCNC(=O)Nc2ccc(Cl)c(S(=O)(=O)N(C)C)c2)cc1. The minimum atomic E-state index is -3.71. The number of rotatable bonds is 7. The van der Waals surface area contributed by atoms with Crippen molar-refractivity contribution in [2.24, 2.45) is 0 Å². The number of halogens is 1. The number of benzene rings is 2. The van der Waals surface area contributed by atoms with E-state index in [1.165, 1.54) is 26.2 Å². The van der Waals surface area contributed by atoms with Crippen LogP contribution in [0.5, 0.6) is 5.75 Å². The number of nitrogens with zero attached hydrogens (tertiary/aromatic N) is 1. The number of hydrogen-bond acceptors (Lipinski definition) is 4. The van der Waals surface area contributed by atoms with E-state index in [1.54, 1.807) is 13.2 Å². The summed E-state index contributed by atoms with van der Waals surface area (Å²) in [6, 6.07) is 11.4. The largest absolute Gasteiger partial charge is 0.497 e. The standard InChI is InChI=1S/C18H22ClN3O4S/c1-22(2)27(24,25)17-12-14(6-9-16(17)19)21-18(23)20-11-10-13-4-7-15(26-3)8-5-13/h4-9,12H,10-11H2,1-3H3,(H2,20,21,23). The zero-order chi connectivity index (χ0) is 20.0.